The van der Waals surface area contributed by atoms with Crippen molar-refractivity contribution in [3.63, 3.8) is 0 Å². The molecule has 1 saturated heterocycles. The van der Waals surface area contributed by atoms with Gasteiger partial charge in [-0.05, 0) is 25.4 Å². The summed E-state index contributed by atoms with van der Waals surface area (Å²) in [5.74, 6) is -1.04. The van der Waals surface area contributed by atoms with E-state index in [1.54, 1.807) is 23.3 Å². The smallest absolute Gasteiger partial charge is 0.387 e. The Morgan fingerprint density at radius 2 is 1.94 bits per heavy atom. The molecule has 0 atom stereocenters. The summed E-state index contributed by atoms with van der Waals surface area (Å²) in [6, 6.07) is 4.03. The Bertz CT molecular complexity index is 1220. The maximum absolute atomic E-state index is 15.0. The second-order valence-electron chi connectivity index (χ2n) is 7.97. The molecule has 1 fully saturated rings. The predicted octanol–water partition coefficient (Wildman–Crippen LogP) is 3.92. The van der Waals surface area contributed by atoms with Gasteiger partial charge in [-0.25, -0.2) is 9.37 Å². The van der Waals surface area contributed by atoms with Crippen molar-refractivity contribution in [3.8, 4) is 5.75 Å². The number of amides is 1. The summed E-state index contributed by atoms with van der Waals surface area (Å²) in [5.41, 5.74) is 6.65. The van der Waals surface area contributed by atoms with E-state index in [4.69, 9.17) is 5.73 Å². The van der Waals surface area contributed by atoms with Crippen molar-refractivity contribution in [2.45, 2.75) is 13.5 Å². The standard InChI is InChI=1S/C22H24F3N7O2S/c1-12-11-27-22(30-20(12)28-14-3-8-35-18(14)19(26)33)29-15-9-13(23)16(10-17(15)34-21(24)25)32-6-4-31(2)5-7-32/h3,8-11,21H,4-7H2,1-2H3,(H2,26,33)(H2,27,28,29,30). The van der Waals surface area contributed by atoms with Crippen LogP contribution >= 0.6 is 11.3 Å². The first-order chi connectivity index (χ1) is 16.7. The summed E-state index contributed by atoms with van der Waals surface area (Å²) in [7, 11) is 1.96. The Hall–Kier alpha value is -3.58. The molecule has 0 radical (unpaired) electrons. The molecule has 2 aromatic heterocycles. The van der Waals surface area contributed by atoms with Gasteiger partial charge in [0.05, 0.1) is 17.1 Å². The highest BCUT2D eigenvalue weighted by Crippen LogP contribution is 2.36. The van der Waals surface area contributed by atoms with Gasteiger partial charge in [-0.3, -0.25) is 4.79 Å². The Labute approximate surface area is 203 Å². The van der Waals surface area contributed by atoms with E-state index < -0.39 is 18.3 Å². The molecule has 3 heterocycles. The average molecular weight is 508 g/mol. The number of hydrogen-bond acceptors (Lipinski definition) is 9. The number of alkyl halides is 2. The number of ether oxygens (including phenoxy) is 1. The van der Waals surface area contributed by atoms with E-state index in [-0.39, 0.29) is 23.1 Å². The highest BCUT2D eigenvalue weighted by atomic mass is 32.1. The minimum Gasteiger partial charge on any atom is -0.433 e. The number of nitrogens with zero attached hydrogens (tertiary/aromatic N) is 4. The SMILES string of the molecule is Cc1cnc(Nc2cc(F)c(N3CCN(C)CC3)cc2OC(F)F)nc1Nc1ccsc1C(N)=O. The van der Waals surface area contributed by atoms with Gasteiger partial charge in [-0.1, -0.05) is 0 Å². The summed E-state index contributed by atoms with van der Waals surface area (Å²) in [5, 5.41) is 7.49. The van der Waals surface area contributed by atoms with Crippen molar-refractivity contribution in [3.05, 3.63) is 46.0 Å². The third kappa shape index (κ3) is 5.74. The number of nitrogens with two attached hydrogens (primary N) is 1. The Kier molecular flexibility index (Phi) is 7.26. The summed E-state index contributed by atoms with van der Waals surface area (Å²) in [6.45, 7) is 1.19. The fourth-order valence-corrected chi connectivity index (χ4v) is 4.30. The molecule has 13 heteroatoms. The predicted molar refractivity (Wildman–Crippen MR) is 129 cm³/mol. The number of piperazine rings is 1. The summed E-state index contributed by atoms with van der Waals surface area (Å²) < 4.78 is 46.0. The molecule has 4 N–H and O–H groups in total. The van der Waals surface area contributed by atoms with Gasteiger partial charge in [0.1, 0.15) is 16.5 Å². The van der Waals surface area contributed by atoms with Crippen molar-refractivity contribution in [1.29, 1.82) is 0 Å². The van der Waals surface area contributed by atoms with Crippen molar-refractivity contribution in [2.75, 3.05) is 48.8 Å². The number of nitrogens with one attached hydrogen (secondary N) is 2. The molecule has 1 aromatic carbocycles. The van der Waals surface area contributed by atoms with Crippen LogP contribution in [0.2, 0.25) is 0 Å². The van der Waals surface area contributed by atoms with Crippen LogP contribution in [0.3, 0.4) is 0 Å². The quantitative estimate of drug-likeness (QED) is 0.421. The first-order valence-corrected chi connectivity index (χ1v) is 11.6. The molecule has 0 unspecified atom stereocenters. The first-order valence-electron chi connectivity index (χ1n) is 10.7. The van der Waals surface area contributed by atoms with Gasteiger partial charge in [0, 0.05) is 50.1 Å². The lowest BCUT2D eigenvalue weighted by molar-refractivity contribution is -0.0493. The Balaban J connectivity index is 1.62. The maximum Gasteiger partial charge on any atom is 0.387 e. The first kappa shape index (κ1) is 24.5. The minimum atomic E-state index is -3.11. The van der Waals surface area contributed by atoms with Crippen molar-refractivity contribution in [1.82, 2.24) is 14.9 Å². The summed E-state index contributed by atoms with van der Waals surface area (Å²) >= 11 is 1.18. The van der Waals surface area contributed by atoms with Gasteiger partial charge in [0.25, 0.3) is 5.91 Å². The Morgan fingerprint density at radius 3 is 2.63 bits per heavy atom. The summed E-state index contributed by atoms with van der Waals surface area (Å²) in [6.07, 6.45) is 1.50. The van der Waals surface area contributed by atoms with Crippen LogP contribution in [0.5, 0.6) is 5.75 Å². The highest BCUT2D eigenvalue weighted by Gasteiger charge is 2.22. The van der Waals surface area contributed by atoms with Crippen LogP contribution in [-0.4, -0.2) is 60.6 Å². The van der Waals surface area contributed by atoms with Crippen LogP contribution in [0.15, 0.2) is 29.8 Å². The zero-order chi connectivity index (χ0) is 25.1. The lowest BCUT2D eigenvalue weighted by Crippen LogP contribution is -2.44. The fourth-order valence-electron chi connectivity index (χ4n) is 3.60. The van der Waals surface area contributed by atoms with E-state index in [9.17, 15) is 13.6 Å². The van der Waals surface area contributed by atoms with E-state index in [2.05, 4.69) is 30.2 Å². The molecule has 0 spiro atoms. The number of benzene rings is 1. The largest absolute Gasteiger partial charge is 0.433 e. The van der Waals surface area contributed by atoms with Crippen LogP contribution in [0.1, 0.15) is 15.2 Å². The number of halogens is 3. The number of rotatable bonds is 8. The molecular weight excluding hydrogens is 483 g/mol. The maximum atomic E-state index is 15.0. The Morgan fingerprint density at radius 1 is 1.20 bits per heavy atom. The molecule has 186 valence electrons. The molecule has 0 saturated carbocycles. The van der Waals surface area contributed by atoms with Crippen molar-refractivity contribution < 1.29 is 22.7 Å². The lowest BCUT2D eigenvalue weighted by Gasteiger charge is -2.34. The third-order valence-electron chi connectivity index (χ3n) is 5.47. The second kappa shape index (κ2) is 10.4. The molecule has 4 rings (SSSR count). The zero-order valence-electron chi connectivity index (χ0n) is 19.0. The third-order valence-corrected chi connectivity index (χ3v) is 6.40. The molecule has 9 nitrogen and oxygen atoms in total. The molecule has 35 heavy (non-hydrogen) atoms. The van der Waals surface area contributed by atoms with Gasteiger partial charge < -0.3 is 30.9 Å². The van der Waals surface area contributed by atoms with E-state index in [0.29, 0.717) is 35.0 Å². The summed E-state index contributed by atoms with van der Waals surface area (Å²) in [4.78, 5) is 24.3. The molecule has 3 aromatic rings. The van der Waals surface area contributed by atoms with E-state index in [1.807, 2.05) is 7.05 Å². The number of likely N-dealkylation sites (N-methyl/N-ethyl adjacent to an activating group) is 1. The molecule has 0 bridgehead atoms. The number of primary amides is 1. The number of aromatic nitrogens is 2. The molecular formula is C22H24F3N7O2S. The molecule has 1 amide bonds. The lowest BCUT2D eigenvalue weighted by atomic mass is 10.2. The normalized spacial score (nSPS) is 14.3. The van der Waals surface area contributed by atoms with E-state index in [1.165, 1.54) is 23.6 Å². The van der Waals surface area contributed by atoms with Gasteiger partial charge in [-0.15, -0.1) is 11.3 Å². The topological polar surface area (TPSA) is 109 Å². The monoisotopic (exact) mass is 507 g/mol. The number of anilines is 5. The number of carbonyl (C=O) groups is 1. The molecule has 0 aliphatic carbocycles. The average Bonchev–Trinajstić information content (AvgIpc) is 3.27. The minimum absolute atomic E-state index is 0.0137. The number of aryl methyl sites for hydroxylation is 1. The number of thiophene rings is 1. The fraction of sp³-hybridized carbons (Fsp3) is 0.318. The van der Waals surface area contributed by atoms with Crippen LogP contribution in [0, 0.1) is 12.7 Å². The van der Waals surface area contributed by atoms with Gasteiger partial charge in [0.15, 0.2) is 5.75 Å². The molecule has 1 aliphatic rings. The van der Waals surface area contributed by atoms with E-state index in [0.717, 1.165) is 19.2 Å². The van der Waals surface area contributed by atoms with Gasteiger partial charge >= 0.3 is 6.61 Å². The van der Waals surface area contributed by atoms with Crippen LogP contribution in [0.4, 0.5) is 42.0 Å². The second-order valence-corrected chi connectivity index (χ2v) is 8.89. The van der Waals surface area contributed by atoms with Crippen LogP contribution in [-0.2, 0) is 0 Å². The highest BCUT2D eigenvalue weighted by molar-refractivity contribution is 7.12. The van der Waals surface area contributed by atoms with Crippen molar-refractivity contribution in [2.24, 2.45) is 5.73 Å². The van der Waals surface area contributed by atoms with Gasteiger partial charge in [-0.2, -0.15) is 13.8 Å². The van der Waals surface area contributed by atoms with Crippen LogP contribution < -0.4 is 26.0 Å². The van der Waals surface area contributed by atoms with Gasteiger partial charge in [0.2, 0.25) is 5.95 Å². The molecule has 1 aliphatic heterocycles. The van der Waals surface area contributed by atoms with Crippen molar-refractivity contribution >= 4 is 46.1 Å². The number of hydrogen-bond donors (Lipinski definition) is 3. The number of carbonyl (C=O) groups excluding carboxylic acids is 1. The zero-order valence-corrected chi connectivity index (χ0v) is 19.8. The van der Waals surface area contributed by atoms with E-state index >= 15 is 4.39 Å². The van der Waals surface area contributed by atoms with Crippen LogP contribution in [0.25, 0.3) is 0 Å².